The number of benzene rings is 1. The number of methoxy groups -OCH3 is 1. The van der Waals surface area contributed by atoms with E-state index in [2.05, 4.69) is 4.98 Å². The molecule has 0 saturated heterocycles. The first-order valence-electron chi connectivity index (χ1n) is 4.89. The number of hydrogen-bond donors (Lipinski definition) is 1. The molecular formula is C12H10N2O2S. The fourth-order valence-corrected chi connectivity index (χ4v) is 2.18. The highest BCUT2D eigenvalue weighted by Gasteiger charge is 2.11. The molecule has 1 N–H and O–H groups in total. The molecule has 2 aromatic rings. The van der Waals surface area contributed by atoms with Crippen molar-refractivity contribution in [1.82, 2.24) is 4.98 Å². The van der Waals surface area contributed by atoms with Crippen molar-refractivity contribution in [2.45, 2.75) is 5.03 Å². The zero-order chi connectivity index (χ0) is 12.4. The van der Waals surface area contributed by atoms with Gasteiger partial charge in [-0.15, -0.1) is 11.8 Å². The minimum Gasteiger partial charge on any atom is -0.497 e. The molecule has 2 rings (SSSR count). The van der Waals surface area contributed by atoms with Crippen LogP contribution in [0.5, 0.6) is 5.75 Å². The van der Waals surface area contributed by atoms with Crippen LogP contribution in [-0.2, 0) is 0 Å². The third kappa shape index (κ3) is 1.87. The Labute approximate surface area is 102 Å². The van der Waals surface area contributed by atoms with Crippen LogP contribution in [0.4, 0.5) is 0 Å². The van der Waals surface area contributed by atoms with Crippen LogP contribution in [0.3, 0.4) is 0 Å². The Kier molecular flexibility index (Phi) is 3.07. The van der Waals surface area contributed by atoms with Crippen molar-refractivity contribution in [2.24, 2.45) is 0 Å². The largest absolute Gasteiger partial charge is 0.497 e. The Hall–Kier alpha value is -1.93. The Morgan fingerprint density at radius 2 is 2.24 bits per heavy atom. The lowest BCUT2D eigenvalue weighted by Gasteiger charge is -2.05. The molecule has 0 fully saturated rings. The van der Waals surface area contributed by atoms with Crippen molar-refractivity contribution in [3.63, 3.8) is 0 Å². The molecule has 4 nitrogen and oxygen atoms in total. The summed E-state index contributed by atoms with van der Waals surface area (Å²) in [5.41, 5.74) is 0.599. The van der Waals surface area contributed by atoms with Crippen LogP contribution >= 0.6 is 11.8 Å². The second kappa shape index (κ2) is 4.52. The number of H-pyrrole nitrogens is 1. The Morgan fingerprint density at radius 1 is 1.47 bits per heavy atom. The van der Waals surface area contributed by atoms with Crippen molar-refractivity contribution < 1.29 is 4.74 Å². The van der Waals surface area contributed by atoms with Gasteiger partial charge in [0.2, 0.25) is 5.43 Å². The van der Waals surface area contributed by atoms with Crippen molar-refractivity contribution in [3.8, 4) is 11.8 Å². The first-order valence-corrected chi connectivity index (χ1v) is 6.12. The molecule has 0 aliphatic heterocycles. The van der Waals surface area contributed by atoms with E-state index in [0.717, 1.165) is 0 Å². The normalized spacial score (nSPS) is 10.2. The highest BCUT2D eigenvalue weighted by molar-refractivity contribution is 7.98. The summed E-state index contributed by atoms with van der Waals surface area (Å²) >= 11 is 1.35. The van der Waals surface area contributed by atoms with Crippen LogP contribution in [0.25, 0.3) is 10.9 Å². The molecule has 0 radical (unpaired) electrons. The molecule has 0 aliphatic rings. The fourth-order valence-electron chi connectivity index (χ4n) is 1.62. The predicted octanol–water partition coefficient (Wildman–Crippen LogP) is 2.13. The number of nitriles is 1. The predicted molar refractivity (Wildman–Crippen MR) is 67.6 cm³/mol. The van der Waals surface area contributed by atoms with Gasteiger partial charge in [-0.1, -0.05) is 0 Å². The molecule has 0 saturated carbocycles. The molecule has 0 aliphatic carbocycles. The standard InChI is InChI=1S/C12H10N2O2S/c1-16-7-3-4-10-8(5-7)11(15)9(6-13)12(14-10)17-2/h3-5H,1-2H3,(H,14,15). The van der Waals surface area contributed by atoms with Crippen molar-refractivity contribution in [3.05, 3.63) is 34.0 Å². The topological polar surface area (TPSA) is 65.9 Å². The third-order valence-electron chi connectivity index (χ3n) is 2.49. The monoisotopic (exact) mass is 246 g/mol. The van der Waals surface area contributed by atoms with Crippen LogP contribution in [0.15, 0.2) is 28.0 Å². The quantitative estimate of drug-likeness (QED) is 0.824. The van der Waals surface area contributed by atoms with Gasteiger partial charge in [0, 0.05) is 0 Å². The molecule has 1 aromatic carbocycles. The van der Waals surface area contributed by atoms with E-state index in [4.69, 9.17) is 10.00 Å². The summed E-state index contributed by atoms with van der Waals surface area (Å²) in [4.78, 5) is 15.2. The number of rotatable bonds is 2. The number of aromatic amines is 1. The van der Waals surface area contributed by atoms with Gasteiger partial charge in [-0.3, -0.25) is 4.79 Å². The maximum atomic E-state index is 12.1. The lowest BCUT2D eigenvalue weighted by Crippen LogP contribution is -2.09. The lowest BCUT2D eigenvalue weighted by molar-refractivity contribution is 0.415. The molecule has 0 bridgehead atoms. The fraction of sp³-hybridized carbons (Fsp3) is 0.167. The maximum absolute atomic E-state index is 12.1. The Balaban J connectivity index is 2.88. The Bertz CT molecular complexity index is 670. The molecule has 1 heterocycles. The van der Waals surface area contributed by atoms with E-state index in [0.29, 0.717) is 21.7 Å². The van der Waals surface area contributed by atoms with Crippen LogP contribution in [0, 0.1) is 11.3 Å². The second-order valence-corrected chi connectivity index (χ2v) is 4.20. The molecule has 86 valence electrons. The Morgan fingerprint density at radius 3 is 2.82 bits per heavy atom. The van der Waals surface area contributed by atoms with Gasteiger partial charge in [-0.2, -0.15) is 5.26 Å². The van der Waals surface area contributed by atoms with E-state index in [1.165, 1.54) is 18.9 Å². The zero-order valence-corrected chi connectivity index (χ0v) is 10.2. The van der Waals surface area contributed by atoms with E-state index in [-0.39, 0.29) is 11.0 Å². The van der Waals surface area contributed by atoms with Gasteiger partial charge in [0.05, 0.1) is 23.0 Å². The summed E-state index contributed by atoms with van der Waals surface area (Å²) in [5.74, 6) is 0.601. The van der Waals surface area contributed by atoms with Crippen LogP contribution in [0.2, 0.25) is 0 Å². The molecule has 0 unspecified atom stereocenters. The zero-order valence-electron chi connectivity index (χ0n) is 9.40. The molecule has 17 heavy (non-hydrogen) atoms. The van der Waals surface area contributed by atoms with E-state index < -0.39 is 0 Å². The number of fused-ring (bicyclic) bond motifs is 1. The lowest BCUT2D eigenvalue weighted by atomic mass is 10.1. The highest BCUT2D eigenvalue weighted by atomic mass is 32.2. The molecule has 0 spiro atoms. The van der Waals surface area contributed by atoms with Gasteiger partial charge in [-0.25, -0.2) is 0 Å². The van der Waals surface area contributed by atoms with Crippen LogP contribution in [-0.4, -0.2) is 18.3 Å². The van der Waals surface area contributed by atoms with Gasteiger partial charge in [0.15, 0.2) is 0 Å². The SMILES string of the molecule is COc1ccc2[nH]c(SC)c(C#N)c(=O)c2c1. The van der Waals surface area contributed by atoms with Crippen molar-refractivity contribution in [2.75, 3.05) is 13.4 Å². The first-order chi connectivity index (χ1) is 8.21. The smallest absolute Gasteiger partial charge is 0.208 e. The molecule has 0 amide bonds. The summed E-state index contributed by atoms with van der Waals surface area (Å²) < 4.78 is 5.07. The van der Waals surface area contributed by atoms with E-state index in [1.54, 1.807) is 18.2 Å². The number of aromatic nitrogens is 1. The van der Waals surface area contributed by atoms with E-state index >= 15 is 0 Å². The summed E-state index contributed by atoms with van der Waals surface area (Å²) in [6, 6.07) is 7.12. The van der Waals surface area contributed by atoms with Gasteiger partial charge in [0.25, 0.3) is 0 Å². The molecule has 1 aromatic heterocycles. The summed E-state index contributed by atoms with van der Waals surface area (Å²) in [7, 11) is 1.54. The minimum atomic E-state index is -0.260. The summed E-state index contributed by atoms with van der Waals surface area (Å²) in [6.45, 7) is 0. The van der Waals surface area contributed by atoms with E-state index in [1.807, 2.05) is 12.3 Å². The number of pyridine rings is 1. The molecule has 0 atom stereocenters. The number of nitrogens with zero attached hydrogens (tertiary/aromatic N) is 1. The van der Waals surface area contributed by atoms with Crippen LogP contribution in [0.1, 0.15) is 5.56 Å². The van der Waals surface area contributed by atoms with Crippen LogP contribution < -0.4 is 10.2 Å². The third-order valence-corrected chi connectivity index (χ3v) is 3.20. The average Bonchev–Trinajstić information content (AvgIpc) is 2.38. The average molecular weight is 246 g/mol. The number of hydrogen-bond acceptors (Lipinski definition) is 4. The number of thioether (sulfide) groups is 1. The van der Waals surface area contributed by atoms with Crippen molar-refractivity contribution >= 4 is 22.7 Å². The summed E-state index contributed by atoms with van der Waals surface area (Å²) in [6.07, 6.45) is 1.82. The number of ether oxygens (including phenoxy) is 1. The second-order valence-electron chi connectivity index (χ2n) is 3.39. The highest BCUT2D eigenvalue weighted by Crippen LogP contribution is 2.21. The maximum Gasteiger partial charge on any atom is 0.208 e. The minimum absolute atomic E-state index is 0.151. The van der Waals surface area contributed by atoms with Gasteiger partial charge >= 0.3 is 0 Å². The van der Waals surface area contributed by atoms with E-state index in [9.17, 15) is 4.79 Å². The summed E-state index contributed by atoms with van der Waals surface area (Å²) in [5, 5.41) is 10.1. The first kappa shape index (κ1) is 11.6. The van der Waals surface area contributed by atoms with Crippen molar-refractivity contribution in [1.29, 1.82) is 5.26 Å². The van der Waals surface area contributed by atoms with Gasteiger partial charge < -0.3 is 9.72 Å². The molecular weight excluding hydrogens is 236 g/mol. The van der Waals surface area contributed by atoms with Gasteiger partial charge in [0.1, 0.15) is 17.4 Å². The van der Waals surface area contributed by atoms with Gasteiger partial charge in [-0.05, 0) is 24.5 Å². The molecule has 5 heteroatoms. The number of nitrogens with one attached hydrogen (secondary N) is 1.